The molecule has 0 radical (unpaired) electrons. The average Bonchev–Trinajstić information content (AvgIpc) is 3.44. The van der Waals surface area contributed by atoms with Crippen molar-refractivity contribution >= 4 is 34.9 Å². The average molecular weight is 511 g/mol. The fourth-order valence-corrected chi connectivity index (χ4v) is 4.82. The van der Waals surface area contributed by atoms with Crippen LogP contribution >= 0.6 is 23.2 Å². The first-order valence-corrected chi connectivity index (χ1v) is 12.0. The molecule has 0 aliphatic carbocycles. The predicted molar refractivity (Wildman–Crippen MR) is 136 cm³/mol. The number of benzene rings is 1. The molecule has 0 spiro atoms. The first kappa shape index (κ1) is 23.4. The maximum Gasteiger partial charge on any atom is 0.230 e. The van der Waals surface area contributed by atoms with Gasteiger partial charge in [0.05, 0.1) is 36.4 Å². The zero-order valence-electron chi connectivity index (χ0n) is 19.6. The minimum Gasteiger partial charge on any atom is -0.494 e. The highest BCUT2D eigenvalue weighted by Gasteiger charge is 2.28. The number of hydrogen-bond acceptors (Lipinski definition) is 5. The Kier molecular flexibility index (Phi) is 6.25. The van der Waals surface area contributed by atoms with E-state index in [1.807, 2.05) is 59.6 Å². The van der Waals surface area contributed by atoms with Crippen molar-refractivity contribution in [2.75, 3.05) is 12.0 Å². The van der Waals surface area contributed by atoms with Gasteiger partial charge >= 0.3 is 0 Å². The van der Waals surface area contributed by atoms with Crippen LogP contribution in [0.25, 0.3) is 22.6 Å². The second kappa shape index (κ2) is 9.36. The van der Waals surface area contributed by atoms with Crippen molar-refractivity contribution in [2.24, 2.45) is 0 Å². The van der Waals surface area contributed by atoms with Crippen LogP contribution in [-0.4, -0.2) is 37.6 Å². The molecule has 1 aliphatic rings. The summed E-state index contributed by atoms with van der Waals surface area (Å²) in [6.45, 7) is 4.94. The van der Waals surface area contributed by atoms with Crippen LogP contribution in [-0.2, 0) is 17.9 Å². The Morgan fingerprint density at radius 2 is 1.97 bits per heavy atom. The van der Waals surface area contributed by atoms with Crippen LogP contribution < -0.4 is 9.64 Å². The minimum atomic E-state index is 0.0269. The van der Waals surface area contributed by atoms with Crippen LogP contribution in [0, 0.1) is 0 Å². The van der Waals surface area contributed by atoms with E-state index in [4.69, 9.17) is 33.0 Å². The summed E-state index contributed by atoms with van der Waals surface area (Å²) in [7, 11) is 1.60. The van der Waals surface area contributed by atoms with Crippen LogP contribution in [0.5, 0.6) is 5.75 Å². The summed E-state index contributed by atoms with van der Waals surface area (Å²) in [5, 5.41) is 10.2. The molecule has 4 aromatic rings. The molecule has 0 unspecified atom stereocenters. The number of anilines is 1. The fourth-order valence-electron chi connectivity index (χ4n) is 4.30. The second-order valence-electron chi connectivity index (χ2n) is 8.59. The summed E-state index contributed by atoms with van der Waals surface area (Å²) in [6.07, 6.45) is 3.69. The molecule has 0 N–H and O–H groups in total. The highest BCUT2D eigenvalue weighted by Crippen LogP contribution is 2.36. The van der Waals surface area contributed by atoms with Gasteiger partial charge in [-0.25, -0.2) is 4.68 Å². The number of amides is 1. The third-order valence-electron chi connectivity index (χ3n) is 5.98. The Morgan fingerprint density at radius 1 is 1.14 bits per heavy atom. The Labute approximate surface area is 213 Å². The molecule has 4 heterocycles. The highest BCUT2D eigenvalue weighted by molar-refractivity contribution is 6.33. The van der Waals surface area contributed by atoms with Crippen molar-refractivity contribution < 1.29 is 9.53 Å². The zero-order valence-corrected chi connectivity index (χ0v) is 21.1. The summed E-state index contributed by atoms with van der Waals surface area (Å²) < 4.78 is 9.11. The summed E-state index contributed by atoms with van der Waals surface area (Å²) in [6, 6.07) is 11.4. The Hall–Kier alpha value is -3.36. The Bertz CT molecular complexity index is 1410. The molecule has 5 rings (SSSR count). The van der Waals surface area contributed by atoms with Gasteiger partial charge in [0.15, 0.2) is 0 Å². The first-order chi connectivity index (χ1) is 16.9. The highest BCUT2D eigenvalue weighted by atomic mass is 35.5. The lowest BCUT2D eigenvalue weighted by atomic mass is 10.1. The van der Waals surface area contributed by atoms with Gasteiger partial charge in [0.2, 0.25) is 5.91 Å². The van der Waals surface area contributed by atoms with Crippen LogP contribution in [0.1, 0.15) is 31.9 Å². The van der Waals surface area contributed by atoms with Gasteiger partial charge in [-0.15, -0.1) is 0 Å². The molecule has 1 amide bonds. The van der Waals surface area contributed by atoms with E-state index in [-0.39, 0.29) is 11.9 Å². The lowest BCUT2D eigenvalue weighted by Gasteiger charge is -2.27. The van der Waals surface area contributed by atoms with Crippen molar-refractivity contribution in [3.8, 4) is 28.4 Å². The van der Waals surface area contributed by atoms with E-state index in [2.05, 4.69) is 10.1 Å². The summed E-state index contributed by atoms with van der Waals surface area (Å²) in [5.74, 6) is 1.39. The molecule has 0 saturated carbocycles. The fraction of sp³-hybridized carbons (Fsp3) is 0.280. The Balaban J connectivity index is 1.47. The third kappa shape index (κ3) is 4.28. The molecule has 0 atom stereocenters. The molecule has 3 aromatic heterocycles. The minimum absolute atomic E-state index is 0.0269. The van der Waals surface area contributed by atoms with Crippen molar-refractivity contribution in [1.82, 2.24) is 24.5 Å². The quantitative estimate of drug-likeness (QED) is 0.335. The zero-order chi connectivity index (χ0) is 24.7. The number of aromatic nitrogens is 5. The van der Waals surface area contributed by atoms with E-state index in [1.54, 1.807) is 24.4 Å². The van der Waals surface area contributed by atoms with E-state index < -0.39 is 0 Å². The monoisotopic (exact) mass is 510 g/mol. The summed E-state index contributed by atoms with van der Waals surface area (Å²) in [4.78, 5) is 19.1. The van der Waals surface area contributed by atoms with Crippen LogP contribution in [0.2, 0.25) is 10.0 Å². The molecule has 1 aromatic carbocycles. The van der Waals surface area contributed by atoms with E-state index in [0.717, 1.165) is 22.6 Å². The first-order valence-electron chi connectivity index (χ1n) is 11.3. The van der Waals surface area contributed by atoms with Crippen molar-refractivity contribution in [2.45, 2.75) is 39.4 Å². The number of nitrogens with zero attached hydrogens (tertiary/aromatic N) is 6. The number of rotatable bonds is 6. The normalized spacial score (nSPS) is 13.4. The van der Waals surface area contributed by atoms with E-state index in [0.29, 0.717) is 46.7 Å². The third-order valence-corrected chi connectivity index (χ3v) is 6.57. The van der Waals surface area contributed by atoms with Crippen molar-refractivity contribution in [3.63, 3.8) is 0 Å². The molecule has 10 heteroatoms. The maximum absolute atomic E-state index is 12.9. The van der Waals surface area contributed by atoms with Gasteiger partial charge in [-0.05, 0) is 37.6 Å². The van der Waals surface area contributed by atoms with Gasteiger partial charge in [0.25, 0.3) is 0 Å². The summed E-state index contributed by atoms with van der Waals surface area (Å²) >= 11 is 13.1. The van der Waals surface area contributed by atoms with E-state index >= 15 is 0 Å². The van der Waals surface area contributed by atoms with E-state index in [9.17, 15) is 4.79 Å². The number of pyridine rings is 1. The van der Waals surface area contributed by atoms with Gasteiger partial charge in [0, 0.05) is 30.3 Å². The second-order valence-corrected chi connectivity index (χ2v) is 9.40. The predicted octanol–water partition coefficient (Wildman–Crippen LogP) is 5.64. The van der Waals surface area contributed by atoms with Crippen LogP contribution in [0.15, 0.2) is 48.8 Å². The molecule has 8 nitrogen and oxygen atoms in total. The molecular formula is C25H24Cl2N6O2. The molecule has 0 saturated heterocycles. The number of hydrogen-bond donors (Lipinski definition) is 0. The van der Waals surface area contributed by atoms with Crippen molar-refractivity contribution in [1.29, 1.82) is 0 Å². The molecule has 1 aliphatic heterocycles. The largest absolute Gasteiger partial charge is 0.494 e. The SMILES string of the molecule is COc1cccnc1-c1ccc(CN2C(=O)CCn3nc(-c4c(Cl)cnn4C(C)C)cc32)cc1Cl. The molecule has 35 heavy (non-hydrogen) atoms. The standard InChI is InChI=1S/C25H24Cl2N6O2/c1-15(2)33-25(19(27)13-29-33)20-12-22-31(23(34)8-10-32(22)30-20)14-16-6-7-17(18(26)11-16)24-21(35-3)5-4-9-28-24/h4-7,9,11-13,15H,8,10,14H2,1-3H3. The van der Waals surface area contributed by atoms with Gasteiger partial charge in [-0.1, -0.05) is 35.3 Å². The lowest BCUT2D eigenvalue weighted by Crippen LogP contribution is -2.36. The Morgan fingerprint density at radius 3 is 2.71 bits per heavy atom. The topological polar surface area (TPSA) is 78.1 Å². The number of aryl methyl sites for hydroxylation is 1. The number of halogens is 2. The van der Waals surface area contributed by atoms with Gasteiger partial charge in [0.1, 0.15) is 28.6 Å². The number of methoxy groups -OCH3 is 1. The van der Waals surface area contributed by atoms with Gasteiger partial charge in [-0.3, -0.25) is 19.4 Å². The van der Waals surface area contributed by atoms with Gasteiger partial charge < -0.3 is 4.74 Å². The summed E-state index contributed by atoms with van der Waals surface area (Å²) in [5.41, 5.74) is 3.76. The van der Waals surface area contributed by atoms with Crippen molar-refractivity contribution in [3.05, 3.63) is 64.4 Å². The molecule has 180 valence electrons. The van der Waals surface area contributed by atoms with Crippen LogP contribution in [0.4, 0.5) is 5.82 Å². The number of carbonyl (C=O) groups is 1. The molecular weight excluding hydrogens is 487 g/mol. The maximum atomic E-state index is 12.9. The molecule has 0 bridgehead atoms. The van der Waals surface area contributed by atoms with Gasteiger partial charge in [-0.2, -0.15) is 10.2 Å². The molecule has 0 fully saturated rings. The number of fused-ring (bicyclic) bond motifs is 1. The number of ether oxygens (including phenoxy) is 1. The van der Waals surface area contributed by atoms with Crippen LogP contribution in [0.3, 0.4) is 0 Å². The lowest BCUT2D eigenvalue weighted by molar-refractivity contribution is -0.119. The van der Waals surface area contributed by atoms with E-state index in [1.165, 1.54) is 0 Å². The number of carbonyl (C=O) groups excluding carboxylic acids is 1. The smallest absolute Gasteiger partial charge is 0.230 e.